The number of β-lactam (4-membered cyclic amide) rings is 1. The third-order valence-electron chi connectivity index (χ3n) is 5.03. The molecule has 27 heavy (non-hydrogen) atoms. The maximum absolute atomic E-state index is 13.1. The van der Waals surface area contributed by atoms with E-state index in [0.29, 0.717) is 5.56 Å². The summed E-state index contributed by atoms with van der Waals surface area (Å²) >= 11 is 0. The largest absolute Gasteiger partial charge is 0.336 e. The molecule has 0 radical (unpaired) electrons. The number of amides is 2. The average molecular weight is 356 g/mol. The van der Waals surface area contributed by atoms with Gasteiger partial charge in [0, 0.05) is 11.3 Å². The topological polar surface area (TPSA) is 49.4 Å². The highest BCUT2D eigenvalue weighted by atomic mass is 16.2. The van der Waals surface area contributed by atoms with Gasteiger partial charge in [0.25, 0.3) is 11.8 Å². The van der Waals surface area contributed by atoms with Gasteiger partial charge in [-0.25, -0.2) is 0 Å². The van der Waals surface area contributed by atoms with E-state index >= 15 is 0 Å². The van der Waals surface area contributed by atoms with E-state index in [1.54, 1.807) is 24.0 Å². The Morgan fingerprint density at radius 2 is 1.37 bits per heavy atom. The molecule has 4 rings (SSSR count). The molecule has 2 amide bonds. The molecule has 0 spiro atoms. The summed E-state index contributed by atoms with van der Waals surface area (Å²) in [6, 6.07) is 28.0. The molecule has 0 aromatic heterocycles. The molecule has 0 aliphatic carbocycles. The maximum atomic E-state index is 13.1. The van der Waals surface area contributed by atoms with Crippen LogP contribution in [0.15, 0.2) is 91.0 Å². The molecule has 1 saturated heterocycles. The van der Waals surface area contributed by atoms with Crippen molar-refractivity contribution in [1.82, 2.24) is 5.32 Å². The van der Waals surface area contributed by atoms with E-state index in [0.717, 1.165) is 11.3 Å². The monoisotopic (exact) mass is 356 g/mol. The highest BCUT2D eigenvalue weighted by Crippen LogP contribution is 2.46. The van der Waals surface area contributed by atoms with Gasteiger partial charge in [-0.3, -0.25) is 14.5 Å². The first kappa shape index (κ1) is 17.0. The summed E-state index contributed by atoms with van der Waals surface area (Å²) < 4.78 is 0. The molecule has 1 aliphatic heterocycles. The molecule has 0 bridgehead atoms. The molecule has 3 aromatic carbocycles. The number of carbonyl (C=O) groups is 2. The molecule has 0 saturated carbocycles. The number of hydrogen-bond acceptors (Lipinski definition) is 2. The predicted molar refractivity (Wildman–Crippen MR) is 105 cm³/mol. The summed E-state index contributed by atoms with van der Waals surface area (Å²) in [6.07, 6.45) is 0. The molecule has 4 heteroatoms. The third-order valence-corrected chi connectivity index (χ3v) is 5.03. The zero-order valence-electron chi connectivity index (χ0n) is 15.0. The van der Waals surface area contributed by atoms with Gasteiger partial charge in [0.1, 0.15) is 5.54 Å². The smallest absolute Gasteiger partial charge is 0.255 e. The van der Waals surface area contributed by atoms with Gasteiger partial charge < -0.3 is 5.32 Å². The van der Waals surface area contributed by atoms with Gasteiger partial charge in [-0.05, 0) is 36.8 Å². The van der Waals surface area contributed by atoms with Gasteiger partial charge in [0.2, 0.25) is 0 Å². The zero-order valence-corrected chi connectivity index (χ0v) is 15.0. The number of para-hydroxylation sites is 1. The molecule has 134 valence electrons. The molecule has 2 atom stereocenters. The third kappa shape index (κ3) is 2.89. The van der Waals surface area contributed by atoms with Gasteiger partial charge >= 0.3 is 0 Å². The Balaban J connectivity index is 1.70. The molecular formula is C23H20N2O2. The van der Waals surface area contributed by atoms with Crippen LogP contribution < -0.4 is 10.2 Å². The molecule has 4 nitrogen and oxygen atoms in total. The van der Waals surface area contributed by atoms with Crippen LogP contribution in [0.25, 0.3) is 0 Å². The van der Waals surface area contributed by atoms with Crippen LogP contribution in [0, 0.1) is 0 Å². The van der Waals surface area contributed by atoms with Crippen LogP contribution in [-0.2, 0) is 4.79 Å². The van der Waals surface area contributed by atoms with Crippen LogP contribution in [0.1, 0.15) is 28.9 Å². The summed E-state index contributed by atoms with van der Waals surface area (Å²) in [5.74, 6) is -0.369. The predicted octanol–water partition coefficient (Wildman–Crippen LogP) is 3.96. The number of hydrogen-bond donors (Lipinski definition) is 1. The molecule has 3 aromatic rings. The lowest BCUT2D eigenvalue weighted by atomic mass is 9.75. The standard InChI is InChI=1S/C23H20N2O2/c1-23(24-21(26)18-13-7-3-8-14-18)20(17-11-5-2-6-12-17)25(22(23)27)19-15-9-4-10-16-19/h2-16,20H,1H3,(H,24,26)/t20-,23-/m1/s1. The normalized spacial score (nSPS) is 21.4. The number of nitrogens with one attached hydrogen (secondary N) is 1. The first-order valence-corrected chi connectivity index (χ1v) is 8.92. The fourth-order valence-corrected chi connectivity index (χ4v) is 3.67. The minimum atomic E-state index is -1.01. The minimum Gasteiger partial charge on any atom is -0.336 e. The van der Waals surface area contributed by atoms with Crippen LogP contribution in [0.3, 0.4) is 0 Å². The van der Waals surface area contributed by atoms with Crippen LogP contribution in [-0.4, -0.2) is 17.4 Å². The van der Waals surface area contributed by atoms with Crippen molar-refractivity contribution >= 4 is 17.5 Å². The van der Waals surface area contributed by atoms with Crippen LogP contribution in [0.5, 0.6) is 0 Å². The fourth-order valence-electron chi connectivity index (χ4n) is 3.67. The van der Waals surface area contributed by atoms with Gasteiger partial charge in [-0.1, -0.05) is 66.7 Å². The summed E-state index contributed by atoms with van der Waals surface area (Å²) in [7, 11) is 0. The SMILES string of the molecule is C[C@]1(NC(=O)c2ccccc2)C(=O)N(c2ccccc2)[C@@H]1c1ccccc1. The van der Waals surface area contributed by atoms with Crippen molar-refractivity contribution in [2.24, 2.45) is 0 Å². The molecule has 1 fully saturated rings. The Morgan fingerprint density at radius 1 is 0.852 bits per heavy atom. The van der Waals surface area contributed by atoms with Crippen molar-refractivity contribution in [3.05, 3.63) is 102 Å². The Labute approximate surface area is 158 Å². The maximum Gasteiger partial charge on any atom is 0.255 e. The Morgan fingerprint density at radius 3 is 1.96 bits per heavy atom. The van der Waals surface area contributed by atoms with E-state index in [1.165, 1.54) is 0 Å². The highest BCUT2D eigenvalue weighted by Gasteiger charge is 2.59. The molecule has 1 aliphatic rings. The average Bonchev–Trinajstić information content (AvgIpc) is 2.73. The van der Waals surface area contributed by atoms with Crippen molar-refractivity contribution < 1.29 is 9.59 Å². The first-order valence-electron chi connectivity index (χ1n) is 8.92. The minimum absolute atomic E-state index is 0.119. The highest BCUT2D eigenvalue weighted by molar-refractivity contribution is 6.12. The lowest BCUT2D eigenvalue weighted by molar-refractivity contribution is -0.133. The quantitative estimate of drug-likeness (QED) is 0.719. The van der Waals surface area contributed by atoms with Gasteiger partial charge in [-0.15, -0.1) is 0 Å². The Bertz CT molecular complexity index is 957. The second-order valence-corrected chi connectivity index (χ2v) is 6.85. The Kier molecular flexibility index (Phi) is 4.24. The van der Waals surface area contributed by atoms with Crippen molar-refractivity contribution in [2.75, 3.05) is 4.90 Å². The van der Waals surface area contributed by atoms with E-state index in [2.05, 4.69) is 5.32 Å². The number of carbonyl (C=O) groups excluding carboxylic acids is 2. The molecule has 1 N–H and O–H groups in total. The Hall–Kier alpha value is -3.40. The summed E-state index contributed by atoms with van der Waals surface area (Å²) in [6.45, 7) is 1.80. The van der Waals surface area contributed by atoms with Crippen molar-refractivity contribution in [2.45, 2.75) is 18.5 Å². The lowest BCUT2D eigenvalue weighted by Gasteiger charge is -2.54. The van der Waals surface area contributed by atoms with E-state index in [9.17, 15) is 9.59 Å². The van der Waals surface area contributed by atoms with Crippen molar-refractivity contribution in [1.29, 1.82) is 0 Å². The summed E-state index contributed by atoms with van der Waals surface area (Å²) in [5, 5.41) is 2.98. The number of benzene rings is 3. The number of anilines is 1. The van der Waals surface area contributed by atoms with E-state index < -0.39 is 5.54 Å². The zero-order chi connectivity index (χ0) is 18.9. The second kappa shape index (κ2) is 6.72. The molecule has 0 unspecified atom stereocenters. The van der Waals surface area contributed by atoms with Gasteiger partial charge in [0.15, 0.2) is 0 Å². The lowest BCUT2D eigenvalue weighted by Crippen LogP contribution is -2.74. The first-order chi connectivity index (χ1) is 13.1. The number of nitrogens with zero attached hydrogens (tertiary/aromatic N) is 1. The van der Waals surface area contributed by atoms with E-state index in [4.69, 9.17) is 0 Å². The van der Waals surface area contributed by atoms with Crippen molar-refractivity contribution in [3.63, 3.8) is 0 Å². The summed E-state index contributed by atoms with van der Waals surface area (Å²) in [4.78, 5) is 27.6. The molecular weight excluding hydrogens is 336 g/mol. The van der Waals surface area contributed by atoms with E-state index in [1.807, 2.05) is 78.9 Å². The number of rotatable bonds is 4. The van der Waals surface area contributed by atoms with Crippen LogP contribution in [0.2, 0.25) is 0 Å². The second-order valence-electron chi connectivity index (χ2n) is 6.85. The van der Waals surface area contributed by atoms with Crippen molar-refractivity contribution in [3.8, 4) is 0 Å². The van der Waals surface area contributed by atoms with Gasteiger partial charge in [0.05, 0.1) is 6.04 Å². The summed E-state index contributed by atoms with van der Waals surface area (Å²) in [5.41, 5.74) is 1.33. The van der Waals surface area contributed by atoms with Crippen LogP contribution >= 0.6 is 0 Å². The molecule has 1 heterocycles. The van der Waals surface area contributed by atoms with Gasteiger partial charge in [-0.2, -0.15) is 0 Å². The van der Waals surface area contributed by atoms with E-state index in [-0.39, 0.29) is 17.9 Å². The fraction of sp³-hybridized carbons (Fsp3) is 0.130. The van der Waals surface area contributed by atoms with Crippen LogP contribution in [0.4, 0.5) is 5.69 Å².